The van der Waals surface area contributed by atoms with E-state index in [0.717, 1.165) is 12.8 Å². The summed E-state index contributed by atoms with van der Waals surface area (Å²) < 4.78 is 5.47. The number of aliphatic hydroxyl groups excluding tert-OH is 2. The van der Waals surface area contributed by atoms with Gasteiger partial charge in [0.1, 0.15) is 14.0 Å². The van der Waals surface area contributed by atoms with Crippen LogP contribution in [0.3, 0.4) is 0 Å². The molecule has 0 spiro atoms. The molecular formula is C8H15BO3. The summed E-state index contributed by atoms with van der Waals surface area (Å²) in [4.78, 5) is 0. The molecule has 2 fully saturated rings. The summed E-state index contributed by atoms with van der Waals surface area (Å²) in [5.41, 5.74) is 0. The Balaban J connectivity index is 2.03. The van der Waals surface area contributed by atoms with Crippen molar-refractivity contribution in [3.63, 3.8) is 0 Å². The Morgan fingerprint density at radius 2 is 2.17 bits per heavy atom. The molecule has 4 heteroatoms. The van der Waals surface area contributed by atoms with Crippen molar-refractivity contribution in [2.24, 2.45) is 11.8 Å². The van der Waals surface area contributed by atoms with Gasteiger partial charge >= 0.3 is 0 Å². The number of hydrogen-bond acceptors (Lipinski definition) is 3. The monoisotopic (exact) mass is 170 g/mol. The molecule has 0 amide bonds. The highest BCUT2D eigenvalue weighted by molar-refractivity contribution is 6.11. The van der Waals surface area contributed by atoms with Gasteiger partial charge in [-0.25, -0.2) is 0 Å². The average molecular weight is 170 g/mol. The molecule has 2 aliphatic rings. The Bertz CT molecular complexity index is 176. The van der Waals surface area contributed by atoms with Gasteiger partial charge in [0, 0.05) is 6.00 Å². The molecule has 68 valence electrons. The summed E-state index contributed by atoms with van der Waals surface area (Å²) in [7, 11) is 2.01. The predicted molar refractivity (Wildman–Crippen MR) is 46.5 cm³/mol. The molecule has 1 aliphatic heterocycles. The van der Waals surface area contributed by atoms with Crippen LogP contribution >= 0.6 is 0 Å². The zero-order valence-electron chi connectivity index (χ0n) is 7.31. The van der Waals surface area contributed by atoms with Crippen molar-refractivity contribution in [2.45, 2.75) is 31.1 Å². The molecule has 2 rings (SSSR count). The van der Waals surface area contributed by atoms with Crippen molar-refractivity contribution < 1.29 is 14.9 Å². The summed E-state index contributed by atoms with van der Waals surface area (Å²) in [6.45, 7) is -0.0608. The third-order valence-corrected chi connectivity index (χ3v) is 3.02. The van der Waals surface area contributed by atoms with E-state index < -0.39 is 6.10 Å². The minimum Gasteiger partial charge on any atom is -0.394 e. The largest absolute Gasteiger partial charge is 0.394 e. The summed E-state index contributed by atoms with van der Waals surface area (Å²) in [5, 5.41) is 18.6. The number of fused-ring (bicyclic) bond motifs is 1. The number of rotatable bonds is 1. The van der Waals surface area contributed by atoms with Crippen LogP contribution in [-0.4, -0.2) is 42.9 Å². The first kappa shape index (κ1) is 8.54. The lowest BCUT2D eigenvalue weighted by Crippen LogP contribution is -2.35. The standard InChI is InChI=1S/C8H15BO3/c9-7-2-4-1-5(4)8(11)6(3-10)12-7/h4-8,10-11H,1-3,9H2/t4-,5-,6-,7?,8+/m1/s1. The Hall–Kier alpha value is -0.0551. The predicted octanol–water partition coefficient (Wildman–Crippen LogP) is -1.28. The molecule has 1 unspecified atom stereocenters. The van der Waals surface area contributed by atoms with Crippen LogP contribution in [-0.2, 0) is 4.74 Å². The fraction of sp³-hybridized carbons (Fsp3) is 1.00. The molecule has 5 atom stereocenters. The molecule has 12 heavy (non-hydrogen) atoms. The van der Waals surface area contributed by atoms with Crippen LogP contribution < -0.4 is 0 Å². The first-order chi connectivity index (χ1) is 5.72. The van der Waals surface area contributed by atoms with Crippen LogP contribution in [0.25, 0.3) is 0 Å². The van der Waals surface area contributed by atoms with Gasteiger partial charge in [-0.1, -0.05) is 0 Å². The maximum atomic E-state index is 9.69. The van der Waals surface area contributed by atoms with Gasteiger partial charge < -0.3 is 14.9 Å². The molecule has 1 saturated heterocycles. The molecule has 0 aromatic heterocycles. The second kappa shape index (κ2) is 3.02. The van der Waals surface area contributed by atoms with Crippen LogP contribution in [0.5, 0.6) is 0 Å². The van der Waals surface area contributed by atoms with Gasteiger partial charge in [0.05, 0.1) is 12.7 Å². The maximum Gasteiger partial charge on any atom is 0.139 e. The smallest absolute Gasteiger partial charge is 0.139 e. The number of ether oxygens (including phenoxy) is 1. The SMILES string of the molecule is BC1C[C@H]2C[C@H]2[C@H](O)[C@@H](CO)O1. The van der Waals surface area contributed by atoms with Gasteiger partial charge in [-0.3, -0.25) is 0 Å². The Morgan fingerprint density at radius 1 is 1.42 bits per heavy atom. The van der Waals surface area contributed by atoms with E-state index in [1.165, 1.54) is 0 Å². The molecular weight excluding hydrogens is 155 g/mol. The van der Waals surface area contributed by atoms with E-state index in [1.54, 1.807) is 0 Å². The highest BCUT2D eigenvalue weighted by atomic mass is 16.5. The quantitative estimate of drug-likeness (QED) is 0.482. The van der Waals surface area contributed by atoms with Crippen LogP contribution in [0.1, 0.15) is 12.8 Å². The summed E-state index contributed by atoms with van der Waals surface area (Å²) in [5.74, 6) is 1.04. The normalized spacial score (nSPS) is 52.7. The van der Waals surface area contributed by atoms with Gasteiger partial charge in [0.2, 0.25) is 0 Å². The maximum absolute atomic E-state index is 9.69. The summed E-state index contributed by atoms with van der Waals surface area (Å²) in [6.07, 6.45) is 1.37. The average Bonchev–Trinajstić information content (AvgIpc) is 2.77. The van der Waals surface area contributed by atoms with Gasteiger partial charge in [-0.2, -0.15) is 0 Å². The fourth-order valence-electron chi connectivity index (χ4n) is 2.25. The molecule has 1 saturated carbocycles. The highest BCUT2D eigenvalue weighted by Gasteiger charge is 2.48. The first-order valence-corrected chi connectivity index (χ1v) is 4.66. The summed E-state index contributed by atoms with van der Waals surface area (Å²) >= 11 is 0. The van der Waals surface area contributed by atoms with E-state index >= 15 is 0 Å². The first-order valence-electron chi connectivity index (χ1n) is 4.66. The molecule has 2 N–H and O–H groups in total. The van der Waals surface area contributed by atoms with Crippen molar-refractivity contribution in [3.8, 4) is 0 Å². The van der Waals surface area contributed by atoms with E-state index in [0.29, 0.717) is 11.8 Å². The molecule has 3 nitrogen and oxygen atoms in total. The van der Waals surface area contributed by atoms with Crippen molar-refractivity contribution in [1.29, 1.82) is 0 Å². The summed E-state index contributed by atoms with van der Waals surface area (Å²) in [6, 6.07) is 0.189. The molecule has 0 aromatic rings. The van der Waals surface area contributed by atoms with Crippen LogP contribution in [0.4, 0.5) is 0 Å². The van der Waals surface area contributed by atoms with Crippen molar-refractivity contribution in [2.75, 3.05) is 6.61 Å². The van der Waals surface area contributed by atoms with Gasteiger partial charge in [-0.15, -0.1) is 0 Å². The lowest BCUT2D eigenvalue weighted by Gasteiger charge is -2.22. The van der Waals surface area contributed by atoms with Gasteiger partial charge in [0.25, 0.3) is 0 Å². The van der Waals surface area contributed by atoms with E-state index in [9.17, 15) is 5.11 Å². The Labute approximate surface area is 73.1 Å². The minimum absolute atomic E-state index is 0.0608. The third-order valence-electron chi connectivity index (χ3n) is 3.02. The van der Waals surface area contributed by atoms with Crippen LogP contribution in [0.2, 0.25) is 0 Å². The lowest BCUT2D eigenvalue weighted by atomic mass is 9.94. The van der Waals surface area contributed by atoms with E-state index in [2.05, 4.69) is 0 Å². The Morgan fingerprint density at radius 3 is 2.83 bits per heavy atom. The van der Waals surface area contributed by atoms with E-state index in [4.69, 9.17) is 9.84 Å². The second-order valence-electron chi connectivity index (χ2n) is 4.05. The minimum atomic E-state index is -0.440. The number of aliphatic hydroxyl groups is 2. The van der Waals surface area contributed by atoms with Crippen molar-refractivity contribution >= 4 is 7.85 Å². The van der Waals surface area contributed by atoms with E-state index in [-0.39, 0.29) is 18.7 Å². The molecule has 0 aromatic carbocycles. The van der Waals surface area contributed by atoms with E-state index in [1.807, 2.05) is 7.85 Å². The molecule has 1 heterocycles. The molecule has 1 aliphatic carbocycles. The van der Waals surface area contributed by atoms with Crippen LogP contribution in [0.15, 0.2) is 0 Å². The van der Waals surface area contributed by atoms with Crippen LogP contribution in [0, 0.1) is 11.8 Å². The Kier molecular flexibility index (Phi) is 2.15. The van der Waals surface area contributed by atoms with Crippen molar-refractivity contribution in [1.82, 2.24) is 0 Å². The zero-order valence-corrected chi connectivity index (χ0v) is 7.31. The second-order valence-corrected chi connectivity index (χ2v) is 4.05. The third kappa shape index (κ3) is 1.39. The topological polar surface area (TPSA) is 49.7 Å². The molecule has 0 radical (unpaired) electrons. The highest BCUT2D eigenvalue weighted by Crippen LogP contribution is 2.47. The van der Waals surface area contributed by atoms with Gasteiger partial charge in [-0.05, 0) is 24.7 Å². The molecule has 0 bridgehead atoms. The van der Waals surface area contributed by atoms with Gasteiger partial charge in [0.15, 0.2) is 0 Å². The lowest BCUT2D eigenvalue weighted by molar-refractivity contribution is -0.0732. The van der Waals surface area contributed by atoms with Crippen molar-refractivity contribution in [3.05, 3.63) is 0 Å². The number of hydrogen-bond donors (Lipinski definition) is 2. The fourth-order valence-corrected chi connectivity index (χ4v) is 2.25. The zero-order chi connectivity index (χ0) is 8.72.